The Morgan fingerprint density at radius 2 is 2.38 bits per heavy atom. The van der Waals surface area contributed by atoms with E-state index in [1.807, 2.05) is 6.92 Å². The molecular weight excluding hydrogens is 203 g/mol. The first-order chi connectivity index (χ1) is 3.72. The van der Waals surface area contributed by atoms with Crippen molar-refractivity contribution in [2.75, 3.05) is 0 Å². The van der Waals surface area contributed by atoms with E-state index in [0.29, 0.717) is 3.54 Å². The van der Waals surface area contributed by atoms with Crippen LogP contribution in [-0.4, -0.2) is 25.0 Å². The maximum atomic E-state index is 10.9. The summed E-state index contributed by atoms with van der Waals surface area (Å²) in [5.74, 6) is 0. The maximum absolute atomic E-state index is 10.9. The van der Waals surface area contributed by atoms with Crippen LogP contribution in [0.3, 0.4) is 0 Å². The molecule has 8 heavy (non-hydrogen) atoms. The van der Waals surface area contributed by atoms with Crippen LogP contribution in [0.4, 0.5) is 0 Å². The van der Waals surface area contributed by atoms with Crippen molar-refractivity contribution >= 4 is 25.0 Å². The number of hydrogen-bond donors (Lipinski definition) is 0. The minimum atomic E-state index is -1.54. The minimum absolute atomic E-state index is 0.534. The van der Waals surface area contributed by atoms with E-state index < -0.39 is 21.4 Å². The van der Waals surface area contributed by atoms with Gasteiger partial charge in [-0.3, -0.25) is 0 Å². The van der Waals surface area contributed by atoms with Crippen LogP contribution in [0.1, 0.15) is 6.92 Å². The molecule has 0 aromatic carbocycles. The Balaban J connectivity index is 2.73. The van der Waals surface area contributed by atoms with Gasteiger partial charge in [0.25, 0.3) is 0 Å². The Morgan fingerprint density at radius 1 is 1.75 bits per heavy atom. The molecule has 0 radical (unpaired) electrons. The van der Waals surface area contributed by atoms with E-state index in [4.69, 9.17) is 0 Å². The van der Waals surface area contributed by atoms with Gasteiger partial charge in [-0.1, -0.05) is 0 Å². The molecule has 2 heteroatoms. The normalized spacial score (nSPS) is 19.5. The molecule has 1 nitrogen and oxygen atoms in total. The standard InChI is InChI=1S/C5H6O.CH3.In/c1-3-5(2)4-6;;/h3H,1H2,2H3;1H3;. The molecule has 1 heterocycles. The van der Waals surface area contributed by atoms with Crippen LogP contribution >= 0.6 is 0 Å². The zero-order valence-corrected chi connectivity index (χ0v) is 8.57. The number of carbonyl (C=O) groups is 1. The van der Waals surface area contributed by atoms with Gasteiger partial charge in [-0.2, -0.15) is 0 Å². The summed E-state index contributed by atoms with van der Waals surface area (Å²) in [4.78, 5) is 10.9. The van der Waals surface area contributed by atoms with E-state index in [2.05, 4.69) is 10.8 Å². The SMILES string of the molecule is CC1=C[CH2][In]([CH3])[C]1=O. The van der Waals surface area contributed by atoms with Crippen molar-refractivity contribution in [1.82, 2.24) is 0 Å². The average molecular weight is 212 g/mol. The van der Waals surface area contributed by atoms with Crippen LogP contribution in [0.25, 0.3) is 0 Å². The number of carbonyl (C=O) groups excluding carboxylic acids is 1. The van der Waals surface area contributed by atoms with Crippen molar-refractivity contribution in [3.63, 3.8) is 0 Å². The molecule has 42 valence electrons. The first-order valence-corrected chi connectivity index (χ1v) is 10.2. The Bertz CT molecular complexity index is 149. The molecule has 0 aliphatic carbocycles. The average Bonchev–Trinajstić information content (AvgIpc) is 1.98. The molecule has 0 bridgehead atoms. The molecule has 0 unspecified atom stereocenters. The van der Waals surface area contributed by atoms with Gasteiger partial charge in [-0.05, 0) is 0 Å². The molecule has 0 aromatic heterocycles. The summed E-state index contributed by atoms with van der Waals surface area (Å²) in [5.41, 5.74) is 1.04. The molecule has 1 aliphatic rings. The van der Waals surface area contributed by atoms with Crippen molar-refractivity contribution in [2.24, 2.45) is 0 Å². The predicted octanol–water partition coefficient (Wildman–Crippen LogP) is 1.18. The zero-order chi connectivity index (χ0) is 6.15. The van der Waals surface area contributed by atoms with E-state index >= 15 is 0 Å². The van der Waals surface area contributed by atoms with Crippen molar-refractivity contribution in [1.29, 1.82) is 0 Å². The molecule has 0 spiro atoms. The van der Waals surface area contributed by atoms with Crippen LogP contribution in [-0.2, 0) is 4.79 Å². The predicted molar refractivity (Wildman–Crippen MR) is 35.2 cm³/mol. The fourth-order valence-corrected chi connectivity index (χ4v) is 6.13. The Hall–Kier alpha value is 0.280. The summed E-state index contributed by atoms with van der Waals surface area (Å²) in [6, 6.07) is 0. The van der Waals surface area contributed by atoms with Crippen LogP contribution < -0.4 is 0 Å². The Labute approximate surface area is 57.3 Å². The van der Waals surface area contributed by atoms with Gasteiger partial charge in [0, 0.05) is 0 Å². The number of allylic oxidation sites excluding steroid dienone is 2. The Morgan fingerprint density at radius 3 is 2.50 bits per heavy atom. The third kappa shape index (κ3) is 0.993. The molecule has 1 rings (SSSR count). The fraction of sp³-hybridized carbons (Fsp3) is 0.500. The molecule has 1 aliphatic heterocycles. The quantitative estimate of drug-likeness (QED) is 0.589. The van der Waals surface area contributed by atoms with E-state index in [1.165, 1.54) is 0 Å². The summed E-state index contributed by atoms with van der Waals surface area (Å²) < 4.78 is 3.87. The van der Waals surface area contributed by atoms with E-state index in [9.17, 15) is 4.79 Å². The van der Waals surface area contributed by atoms with Crippen LogP contribution in [0.5, 0.6) is 0 Å². The van der Waals surface area contributed by atoms with Gasteiger partial charge in [-0.25, -0.2) is 0 Å². The third-order valence-electron chi connectivity index (χ3n) is 1.61. The summed E-state index contributed by atoms with van der Waals surface area (Å²) >= 11 is -1.54. The monoisotopic (exact) mass is 212 g/mol. The van der Waals surface area contributed by atoms with E-state index in [-0.39, 0.29) is 0 Å². The molecule has 0 amide bonds. The van der Waals surface area contributed by atoms with Gasteiger partial charge in [0.15, 0.2) is 0 Å². The second-order valence-electron chi connectivity index (χ2n) is 2.39. The molecular formula is C6H9InO. The Kier molecular flexibility index (Phi) is 1.81. The molecule has 0 atom stereocenters. The first-order valence-electron chi connectivity index (χ1n) is 2.93. The third-order valence-corrected chi connectivity index (χ3v) is 8.16. The summed E-state index contributed by atoms with van der Waals surface area (Å²) in [6.45, 7) is 1.93. The van der Waals surface area contributed by atoms with Crippen LogP contribution in [0, 0.1) is 0 Å². The van der Waals surface area contributed by atoms with Gasteiger partial charge in [0.05, 0.1) is 0 Å². The topological polar surface area (TPSA) is 17.1 Å². The van der Waals surface area contributed by atoms with Crippen molar-refractivity contribution in [3.05, 3.63) is 11.6 Å². The summed E-state index contributed by atoms with van der Waals surface area (Å²) in [5, 5.41) is 0. The van der Waals surface area contributed by atoms with E-state index in [1.54, 1.807) is 0 Å². The van der Waals surface area contributed by atoms with Crippen molar-refractivity contribution < 1.29 is 4.79 Å². The van der Waals surface area contributed by atoms with E-state index in [0.717, 1.165) is 9.75 Å². The van der Waals surface area contributed by atoms with Crippen LogP contribution in [0.2, 0.25) is 8.86 Å². The number of hydrogen-bond acceptors (Lipinski definition) is 1. The molecule has 0 fully saturated rings. The summed E-state index contributed by atoms with van der Waals surface area (Å²) in [6.07, 6.45) is 2.10. The van der Waals surface area contributed by atoms with Crippen molar-refractivity contribution in [2.45, 2.75) is 15.8 Å². The summed E-state index contributed by atoms with van der Waals surface area (Å²) in [7, 11) is 0. The van der Waals surface area contributed by atoms with Gasteiger partial charge >= 0.3 is 57.2 Å². The van der Waals surface area contributed by atoms with Crippen molar-refractivity contribution in [3.8, 4) is 0 Å². The van der Waals surface area contributed by atoms with Gasteiger partial charge in [0.1, 0.15) is 0 Å². The number of rotatable bonds is 0. The zero-order valence-electron chi connectivity index (χ0n) is 5.27. The molecule has 0 saturated carbocycles. The van der Waals surface area contributed by atoms with Gasteiger partial charge in [-0.15, -0.1) is 0 Å². The molecule has 0 aromatic rings. The van der Waals surface area contributed by atoms with Gasteiger partial charge in [0.2, 0.25) is 0 Å². The second kappa shape index (κ2) is 2.26. The van der Waals surface area contributed by atoms with Gasteiger partial charge < -0.3 is 0 Å². The molecule has 0 N–H and O–H groups in total. The fourth-order valence-electron chi connectivity index (χ4n) is 0.950. The second-order valence-corrected chi connectivity index (χ2v) is 10.4. The molecule has 0 saturated heterocycles. The first kappa shape index (κ1) is 6.40. The van der Waals surface area contributed by atoms with Crippen LogP contribution in [0.15, 0.2) is 11.6 Å².